The first kappa shape index (κ1) is 17.2. The lowest BCUT2D eigenvalue weighted by molar-refractivity contribution is 0.302. The first-order valence-electron chi connectivity index (χ1n) is 8.42. The van der Waals surface area contributed by atoms with Crippen LogP contribution >= 0.6 is 0 Å². The monoisotopic (exact) mass is 313 g/mol. The van der Waals surface area contributed by atoms with E-state index in [1.807, 2.05) is 42.5 Å². The molecule has 0 spiro atoms. The maximum absolute atomic E-state index is 5.96. The summed E-state index contributed by atoms with van der Waals surface area (Å²) in [5, 5.41) is 3.43. The maximum atomic E-state index is 5.96. The van der Waals surface area contributed by atoms with Crippen LogP contribution in [-0.4, -0.2) is 13.7 Å². The molecule has 0 heterocycles. The number of anilines is 1. The van der Waals surface area contributed by atoms with Crippen molar-refractivity contribution in [3.05, 3.63) is 54.1 Å². The Hall–Kier alpha value is -2.16. The van der Waals surface area contributed by atoms with Gasteiger partial charge in [0.25, 0.3) is 0 Å². The first-order valence-corrected chi connectivity index (χ1v) is 8.42. The van der Waals surface area contributed by atoms with Crippen LogP contribution in [-0.2, 0) is 6.54 Å². The second-order valence-electron chi connectivity index (χ2n) is 5.57. The molecule has 2 aromatic rings. The van der Waals surface area contributed by atoms with Gasteiger partial charge in [0.15, 0.2) is 0 Å². The van der Waals surface area contributed by atoms with Crippen LogP contribution in [0.15, 0.2) is 48.5 Å². The molecule has 0 aliphatic carbocycles. The zero-order valence-electron chi connectivity index (χ0n) is 14.2. The molecule has 0 aliphatic rings. The second-order valence-corrected chi connectivity index (χ2v) is 5.57. The lowest BCUT2D eigenvalue weighted by Gasteiger charge is -2.14. The van der Waals surface area contributed by atoms with Crippen molar-refractivity contribution < 1.29 is 9.47 Å². The van der Waals surface area contributed by atoms with Crippen molar-refractivity contribution in [2.45, 2.75) is 39.2 Å². The fraction of sp³-hybridized carbons (Fsp3) is 0.400. The standard InChI is InChI=1S/C20H27NO2/c1-3-4-5-10-15-23-19-13-8-6-11-17(19)16-21-18-12-7-9-14-20(18)22-2/h6-9,11-14,21H,3-5,10,15-16H2,1-2H3. The minimum absolute atomic E-state index is 0.714. The summed E-state index contributed by atoms with van der Waals surface area (Å²) in [5.41, 5.74) is 2.15. The van der Waals surface area contributed by atoms with E-state index >= 15 is 0 Å². The van der Waals surface area contributed by atoms with Crippen molar-refractivity contribution in [3.63, 3.8) is 0 Å². The van der Waals surface area contributed by atoms with E-state index < -0.39 is 0 Å². The summed E-state index contributed by atoms with van der Waals surface area (Å²) in [6, 6.07) is 16.2. The van der Waals surface area contributed by atoms with Gasteiger partial charge in [-0.25, -0.2) is 0 Å². The normalized spacial score (nSPS) is 10.3. The molecule has 0 aliphatic heterocycles. The molecule has 0 fully saturated rings. The van der Waals surface area contributed by atoms with Crippen LogP contribution in [0.1, 0.15) is 38.2 Å². The molecule has 0 amide bonds. The summed E-state index contributed by atoms with van der Waals surface area (Å²) in [5.74, 6) is 1.82. The first-order chi connectivity index (χ1) is 11.3. The zero-order valence-corrected chi connectivity index (χ0v) is 14.2. The van der Waals surface area contributed by atoms with Gasteiger partial charge in [-0.05, 0) is 24.6 Å². The average Bonchev–Trinajstić information content (AvgIpc) is 2.61. The van der Waals surface area contributed by atoms with E-state index in [9.17, 15) is 0 Å². The molecule has 0 aromatic heterocycles. The molecule has 2 rings (SSSR count). The van der Waals surface area contributed by atoms with Crippen molar-refractivity contribution in [1.29, 1.82) is 0 Å². The van der Waals surface area contributed by atoms with Crippen molar-refractivity contribution in [2.24, 2.45) is 0 Å². The molecule has 3 nitrogen and oxygen atoms in total. The fourth-order valence-corrected chi connectivity index (χ4v) is 2.48. The molecule has 3 heteroatoms. The Balaban J connectivity index is 1.92. The summed E-state index contributed by atoms with van der Waals surface area (Å²) >= 11 is 0. The number of rotatable bonds is 10. The Kier molecular flexibility index (Phi) is 7.31. The topological polar surface area (TPSA) is 30.5 Å². The molecule has 2 aromatic carbocycles. The van der Waals surface area contributed by atoms with E-state index in [0.29, 0.717) is 6.54 Å². The largest absolute Gasteiger partial charge is 0.495 e. The van der Waals surface area contributed by atoms with Gasteiger partial charge in [0.2, 0.25) is 0 Å². The number of para-hydroxylation sites is 3. The van der Waals surface area contributed by atoms with Crippen LogP contribution in [0.5, 0.6) is 11.5 Å². The average molecular weight is 313 g/mol. The van der Waals surface area contributed by atoms with Crippen molar-refractivity contribution in [2.75, 3.05) is 19.0 Å². The highest BCUT2D eigenvalue weighted by Crippen LogP contribution is 2.25. The van der Waals surface area contributed by atoms with E-state index in [2.05, 4.69) is 18.3 Å². The van der Waals surface area contributed by atoms with Gasteiger partial charge >= 0.3 is 0 Å². The van der Waals surface area contributed by atoms with Gasteiger partial charge in [-0.3, -0.25) is 0 Å². The van der Waals surface area contributed by atoms with Crippen LogP contribution in [0.25, 0.3) is 0 Å². The number of methoxy groups -OCH3 is 1. The third-order valence-corrected chi connectivity index (χ3v) is 3.80. The molecular weight excluding hydrogens is 286 g/mol. The lowest BCUT2D eigenvalue weighted by atomic mass is 10.2. The Morgan fingerprint density at radius 3 is 2.39 bits per heavy atom. The van der Waals surface area contributed by atoms with Gasteiger partial charge in [0, 0.05) is 12.1 Å². The van der Waals surface area contributed by atoms with Crippen LogP contribution in [0.2, 0.25) is 0 Å². The second kappa shape index (κ2) is 9.78. The van der Waals surface area contributed by atoms with Crippen LogP contribution in [0.3, 0.4) is 0 Å². The zero-order chi connectivity index (χ0) is 16.3. The van der Waals surface area contributed by atoms with E-state index in [4.69, 9.17) is 9.47 Å². The van der Waals surface area contributed by atoms with E-state index in [0.717, 1.165) is 35.8 Å². The van der Waals surface area contributed by atoms with Crippen LogP contribution in [0, 0.1) is 0 Å². The number of nitrogens with one attached hydrogen (secondary N) is 1. The third-order valence-electron chi connectivity index (χ3n) is 3.80. The molecule has 23 heavy (non-hydrogen) atoms. The number of hydrogen-bond acceptors (Lipinski definition) is 3. The van der Waals surface area contributed by atoms with Gasteiger partial charge in [0.05, 0.1) is 19.4 Å². The molecule has 0 saturated heterocycles. The Bertz CT molecular complexity index is 583. The Morgan fingerprint density at radius 2 is 1.61 bits per heavy atom. The van der Waals surface area contributed by atoms with Gasteiger partial charge in [0.1, 0.15) is 11.5 Å². The smallest absolute Gasteiger partial charge is 0.141 e. The van der Waals surface area contributed by atoms with E-state index in [1.54, 1.807) is 7.11 Å². The minimum Gasteiger partial charge on any atom is -0.495 e. The van der Waals surface area contributed by atoms with Crippen LogP contribution in [0.4, 0.5) is 5.69 Å². The van der Waals surface area contributed by atoms with E-state index in [1.165, 1.54) is 19.3 Å². The molecule has 0 radical (unpaired) electrons. The quantitative estimate of drug-likeness (QED) is 0.606. The summed E-state index contributed by atoms with van der Waals surface area (Å²) < 4.78 is 11.3. The minimum atomic E-state index is 0.714. The van der Waals surface area contributed by atoms with Crippen molar-refractivity contribution >= 4 is 5.69 Å². The number of benzene rings is 2. The number of unbranched alkanes of at least 4 members (excludes halogenated alkanes) is 3. The van der Waals surface area contributed by atoms with Crippen LogP contribution < -0.4 is 14.8 Å². The highest BCUT2D eigenvalue weighted by molar-refractivity contribution is 5.56. The SMILES string of the molecule is CCCCCCOc1ccccc1CNc1ccccc1OC. The predicted molar refractivity (Wildman–Crippen MR) is 96.4 cm³/mol. The van der Waals surface area contributed by atoms with Gasteiger partial charge in [-0.1, -0.05) is 56.5 Å². The van der Waals surface area contributed by atoms with Crippen molar-refractivity contribution in [1.82, 2.24) is 0 Å². The molecule has 0 saturated carbocycles. The molecular formula is C20H27NO2. The summed E-state index contributed by atoms with van der Waals surface area (Å²) in [6.45, 7) is 3.72. The molecule has 1 N–H and O–H groups in total. The molecule has 0 bridgehead atoms. The summed E-state index contributed by atoms with van der Waals surface area (Å²) in [6.07, 6.45) is 4.88. The van der Waals surface area contributed by atoms with Gasteiger partial charge in [-0.2, -0.15) is 0 Å². The fourth-order valence-electron chi connectivity index (χ4n) is 2.48. The van der Waals surface area contributed by atoms with E-state index in [-0.39, 0.29) is 0 Å². The third kappa shape index (κ3) is 5.51. The molecule has 0 unspecified atom stereocenters. The number of ether oxygens (including phenoxy) is 2. The highest BCUT2D eigenvalue weighted by Gasteiger charge is 2.05. The summed E-state index contributed by atoms with van der Waals surface area (Å²) in [4.78, 5) is 0. The van der Waals surface area contributed by atoms with Gasteiger partial charge in [-0.15, -0.1) is 0 Å². The van der Waals surface area contributed by atoms with Gasteiger partial charge < -0.3 is 14.8 Å². The Labute approximate surface area is 139 Å². The molecule has 124 valence electrons. The predicted octanol–water partition coefficient (Wildman–Crippen LogP) is 5.27. The summed E-state index contributed by atoms with van der Waals surface area (Å²) in [7, 11) is 1.69. The highest BCUT2D eigenvalue weighted by atomic mass is 16.5. The maximum Gasteiger partial charge on any atom is 0.141 e. The number of hydrogen-bond donors (Lipinski definition) is 1. The van der Waals surface area contributed by atoms with Crippen molar-refractivity contribution in [3.8, 4) is 11.5 Å². The molecule has 0 atom stereocenters. The lowest BCUT2D eigenvalue weighted by Crippen LogP contribution is -2.05. The Morgan fingerprint density at radius 1 is 0.870 bits per heavy atom.